The van der Waals surface area contributed by atoms with Crippen molar-refractivity contribution in [2.24, 2.45) is 5.92 Å². The van der Waals surface area contributed by atoms with Crippen LogP contribution in [-0.4, -0.2) is 68.2 Å². The van der Waals surface area contributed by atoms with E-state index in [1.165, 1.54) is 7.11 Å². The SMILES string of the molecule is COC(=O)[C@H]1CC[C@H](OC[C@@H]2CCCN2C(OC)C(=O)OC(C)(C)C)CC1. The molecule has 0 amide bonds. The van der Waals surface area contributed by atoms with Crippen LogP contribution in [0.25, 0.3) is 0 Å². The minimum Gasteiger partial charge on any atom is -0.469 e. The molecule has 0 aromatic heterocycles. The molecule has 27 heavy (non-hydrogen) atoms. The Morgan fingerprint density at radius 1 is 1.07 bits per heavy atom. The number of ether oxygens (including phenoxy) is 4. The number of nitrogens with zero attached hydrogens (tertiary/aromatic N) is 1. The van der Waals surface area contributed by atoms with Crippen molar-refractivity contribution in [3.8, 4) is 0 Å². The van der Waals surface area contributed by atoms with Crippen LogP contribution in [0.4, 0.5) is 0 Å². The highest BCUT2D eigenvalue weighted by atomic mass is 16.6. The molecular weight excluding hydrogens is 350 g/mol. The molecule has 0 N–H and O–H groups in total. The Kier molecular flexibility index (Phi) is 8.06. The minimum absolute atomic E-state index is 0.00266. The Morgan fingerprint density at radius 2 is 1.74 bits per heavy atom. The molecule has 7 nitrogen and oxygen atoms in total. The first kappa shape index (κ1) is 22.1. The summed E-state index contributed by atoms with van der Waals surface area (Å²) in [6.07, 6.45) is 4.80. The fraction of sp³-hybridized carbons (Fsp3) is 0.900. The summed E-state index contributed by atoms with van der Waals surface area (Å²) in [5.74, 6) is -0.464. The van der Waals surface area contributed by atoms with Gasteiger partial charge >= 0.3 is 11.9 Å². The van der Waals surface area contributed by atoms with Crippen molar-refractivity contribution in [2.75, 3.05) is 27.4 Å². The number of likely N-dealkylation sites (tertiary alicyclic amines) is 1. The van der Waals surface area contributed by atoms with Gasteiger partial charge in [0, 0.05) is 19.7 Å². The molecule has 1 heterocycles. The van der Waals surface area contributed by atoms with E-state index in [0.29, 0.717) is 6.61 Å². The molecule has 2 fully saturated rings. The summed E-state index contributed by atoms with van der Waals surface area (Å²) in [4.78, 5) is 26.2. The van der Waals surface area contributed by atoms with Crippen molar-refractivity contribution in [3.05, 3.63) is 0 Å². The molecule has 1 aliphatic carbocycles. The molecular formula is C20H35NO6. The molecule has 1 unspecified atom stereocenters. The van der Waals surface area contributed by atoms with Crippen molar-refractivity contribution < 1.29 is 28.5 Å². The minimum atomic E-state index is -0.699. The summed E-state index contributed by atoms with van der Waals surface area (Å²) in [5.41, 5.74) is -0.544. The van der Waals surface area contributed by atoms with Crippen LogP contribution < -0.4 is 0 Å². The van der Waals surface area contributed by atoms with Gasteiger partial charge in [-0.15, -0.1) is 0 Å². The summed E-state index contributed by atoms with van der Waals surface area (Å²) in [5, 5.41) is 0. The molecule has 7 heteroatoms. The van der Waals surface area contributed by atoms with Crippen LogP contribution in [0.1, 0.15) is 59.3 Å². The monoisotopic (exact) mass is 385 g/mol. The lowest BCUT2D eigenvalue weighted by atomic mass is 9.87. The zero-order valence-corrected chi connectivity index (χ0v) is 17.4. The van der Waals surface area contributed by atoms with Gasteiger partial charge in [-0.3, -0.25) is 9.69 Å². The van der Waals surface area contributed by atoms with Gasteiger partial charge in [-0.25, -0.2) is 4.79 Å². The van der Waals surface area contributed by atoms with Gasteiger partial charge in [0.1, 0.15) is 5.60 Å². The van der Waals surface area contributed by atoms with Gasteiger partial charge in [0.2, 0.25) is 6.23 Å². The highest BCUT2D eigenvalue weighted by molar-refractivity contribution is 5.74. The lowest BCUT2D eigenvalue weighted by molar-refractivity contribution is -0.181. The molecule has 1 saturated heterocycles. The number of esters is 2. The number of hydrogen-bond acceptors (Lipinski definition) is 7. The van der Waals surface area contributed by atoms with Gasteiger partial charge in [0.15, 0.2) is 0 Å². The Balaban J connectivity index is 1.83. The van der Waals surface area contributed by atoms with Gasteiger partial charge in [0.05, 0.1) is 25.7 Å². The first-order valence-corrected chi connectivity index (χ1v) is 9.96. The molecule has 0 spiro atoms. The maximum Gasteiger partial charge on any atom is 0.351 e. The van der Waals surface area contributed by atoms with E-state index in [2.05, 4.69) is 0 Å². The van der Waals surface area contributed by atoms with Crippen LogP contribution in [-0.2, 0) is 28.5 Å². The van der Waals surface area contributed by atoms with Crippen LogP contribution in [0.5, 0.6) is 0 Å². The average molecular weight is 386 g/mol. The molecule has 2 rings (SSSR count). The summed E-state index contributed by atoms with van der Waals surface area (Å²) < 4.78 is 21.9. The van der Waals surface area contributed by atoms with Crippen LogP contribution in [0.2, 0.25) is 0 Å². The molecule has 2 aliphatic rings. The summed E-state index contributed by atoms with van der Waals surface area (Å²) >= 11 is 0. The van der Waals surface area contributed by atoms with E-state index < -0.39 is 11.8 Å². The fourth-order valence-corrected chi connectivity index (χ4v) is 3.94. The van der Waals surface area contributed by atoms with E-state index in [1.807, 2.05) is 25.7 Å². The number of methoxy groups -OCH3 is 2. The molecule has 2 atom stereocenters. The zero-order valence-electron chi connectivity index (χ0n) is 17.4. The van der Waals surface area contributed by atoms with Crippen molar-refractivity contribution in [3.63, 3.8) is 0 Å². The van der Waals surface area contributed by atoms with E-state index in [1.54, 1.807) is 7.11 Å². The van der Waals surface area contributed by atoms with E-state index in [4.69, 9.17) is 18.9 Å². The third-order valence-corrected chi connectivity index (χ3v) is 5.29. The lowest BCUT2D eigenvalue weighted by Gasteiger charge is -2.34. The van der Waals surface area contributed by atoms with Crippen molar-refractivity contribution in [1.29, 1.82) is 0 Å². The van der Waals surface area contributed by atoms with Crippen molar-refractivity contribution in [2.45, 2.75) is 83.3 Å². The molecule has 0 aromatic rings. The third-order valence-electron chi connectivity index (χ3n) is 5.29. The first-order valence-electron chi connectivity index (χ1n) is 9.96. The standard InChI is InChI=1S/C20H35NO6/c1-20(2,3)27-19(23)17(24-4)21-12-6-7-15(21)13-26-16-10-8-14(9-11-16)18(22)25-5/h14-17H,6-13H2,1-5H3/t14-,15-,16-,17?/m0/s1. The lowest BCUT2D eigenvalue weighted by Crippen LogP contribution is -2.49. The van der Waals surface area contributed by atoms with Gasteiger partial charge in [-0.05, 0) is 59.3 Å². The predicted molar refractivity (Wildman–Crippen MR) is 100 cm³/mol. The largest absolute Gasteiger partial charge is 0.469 e. The highest BCUT2D eigenvalue weighted by Gasteiger charge is 2.38. The Morgan fingerprint density at radius 3 is 2.30 bits per heavy atom. The van der Waals surface area contributed by atoms with Crippen LogP contribution >= 0.6 is 0 Å². The third kappa shape index (κ3) is 6.43. The summed E-state index contributed by atoms with van der Waals surface area (Å²) in [7, 11) is 2.98. The topological polar surface area (TPSA) is 74.3 Å². The maximum absolute atomic E-state index is 12.5. The smallest absolute Gasteiger partial charge is 0.351 e. The Labute approximate surface area is 162 Å². The Hall–Kier alpha value is -1.18. The molecule has 1 saturated carbocycles. The maximum atomic E-state index is 12.5. The van der Waals surface area contributed by atoms with Gasteiger partial charge < -0.3 is 18.9 Å². The van der Waals surface area contributed by atoms with Gasteiger partial charge in [0.25, 0.3) is 0 Å². The molecule has 156 valence electrons. The van der Waals surface area contributed by atoms with Gasteiger partial charge in [-0.1, -0.05) is 0 Å². The second-order valence-corrected chi connectivity index (χ2v) is 8.49. The fourth-order valence-electron chi connectivity index (χ4n) is 3.94. The molecule has 0 bridgehead atoms. The highest BCUT2D eigenvalue weighted by Crippen LogP contribution is 2.29. The first-order chi connectivity index (χ1) is 12.7. The number of carbonyl (C=O) groups is 2. The van der Waals surface area contributed by atoms with Crippen LogP contribution in [0, 0.1) is 5.92 Å². The van der Waals surface area contributed by atoms with E-state index in [-0.39, 0.29) is 30.0 Å². The van der Waals surface area contributed by atoms with E-state index in [0.717, 1.165) is 45.1 Å². The molecule has 1 aliphatic heterocycles. The van der Waals surface area contributed by atoms with Crippen molar-refractivity contribution in [1.82, 2.24) is 4.90 Å². The molecule has 0 aromatic carbocycles. The predicted octanol–water partition coefficient (Wildman–Crippen LogP) is 2.51. The van der Waals surface area contributed by atoms with Crippen LogP contribution in [0.3, 0.4) is 0 Å². The van der Waals surface area contributed by atoms with Crippen LogP contribution in [0.15, 0.2) is 0 Å². The molecule has 0 radical (unpaired) electrons. The summed E-state index contributed by atoms with van der Waals surface area (Å²) in [6.45, 7) is 6.92. The number of rotatable bonds is 7. The second kappa shape index (κ2) is 9.85. The number of carbonyl (C=O) groups excluding carboxylic acids is 2. The normalized spacial score (nSPS) is 28.0. The average Bonchev–Trinajstić information content (AvgIpc) is 3.07. The quantitative estimate of drug-likeness (QED) is 0.623. The zero-order chi connectivity index (χ0) is 20.0. The second-order valence-electron chi connectivity index (χ2n) is 8.49. The number of hydrogen-bond donors (Lipinski definition) is 0. The van der Waals surface area contributed by atoms with Gasteiger partial charge in [-0.2, -0.15) is 0 Å². The van der Waals surface area contributed by atoms with E-state index >= 15 is 0 Å². The van der Waals surface area contributed by atoms with Crippen molar-refractivity contribution >= 4 is 11.9 Å². The Bertz CT molecular complexity index is 495. The summed E-state index contributed by atoms with van der Waals surface area (Å²) in [6, 6.07) is 0.140. The van der Waals surface area contributed by atoms with E-state index in [9.17, 15) is 9.59 Å².